The van der Waals surface area contributed by atoms with E-state index < -0.39 is 22.4 Å². The fourth-order valence-electron chi connectivity index (χ4n) is 2.49. The number of aryl methyl sites for hydroxylation is 1. The van der Waals surface area contributed by atoms with E-state index in [4.69, 9.17) is 4.52 Å². The Labute approximate surface area is 135 Å². The molecule has 1 saturated heterocycles. The summed E-state index contributed by atoms with van der Waals surface area (Å²) >= 11 is 0. The Hall–Kier alpha value is -3.30. The highest BCUT2D eigenvalue weighted by atomic mass is 16.6. The quantitative estimate of drug-likeness (QED) is 0.506. The monoisotopic (exact) mass is 331 g/mol. The molecule has 0 bridgehead atoms. The summed E-state index contributed by atoms with van der Waals surface area (Å²) in [5.74, 6) is 0.0383. The van der Waals surface area contributed by atoms with Crippen molar-refractivity contribution in [2.24, 2.45) is 0 Å². The van der Waals surface area contributed by atoms with Crippen LogP contribution in [0.15, 0.2) is 28.8 Å². The Kier molecular flexibility index (Phi) is 3.51. The first-order valence-electron chi connectivity index (χ1n) is 6.99. The van der Waals surface area contributed by atoms with Gasteiger partial charge in [0, 0.05) is 12.1 Å². The van der Waals surface area contributed by atoms with Gasteiger partial charge in [0.1, 0.15) is 12.1 Å². The van der Waals surface area contributed by atoms with E-state index in [9.17, 15) is 19.7 Å². The molecule has 124 valence electrons. The number of aromatic nitrogens is 2. The second-order valence-corrected chi connectivity index (χ2v) is 5.49. The molecule has 2 aromatic rings. The van der Waals surface area contributed by atoms with Crippen LogP contribution in [-0.2, 0) is 16.9 Å². The van der Waals surface area contributed by atoms with Crippen LogP contribution in [0, 0.1) is 17.0 Å². The van der Waals surface area contributed by atoms with Crippen LogP contribution in [0.3, 0.4) is 0 Å². The van der Waals surface area contributed by atoms with E-state index in [1.807, 2.05) is 0 Å². The van der Waals surface area contributed by atoms with Gasteiger partial charge in [0.15, 0.2) is 5.82 Å². The van der Waals surface area contributed by atoms with Crippen LogP contribution in [0.5, 0.6) is 0 Å². The summed E-state index contributed by atoms with van der Waals surface area (Å²) in [4.78, 5) is 40.0. The van der Waals surface area contributed by atoms with E-state index in [0.717, 1.165) is 4.90 Å². The van der Waals surface area contributed by atoms with Crippen LogP contribution < -0.4 is 5.32 Å². The summed E-state index contributed by atoms with van der Waals surface area (Å²) < 4.78 is 4.93. The Morgan fingerprint density at radius 3 is 2.54 bits per heavy atom. The van der Waals surface area contributed by atoms with Crippen molar-refractivity contribution in [3.05, 3.63) is 51.7 Å². The molecule has 0 spiro atoms. The summed E-state index contributed by atoms with van der Waals surface area (Å²) in [7, 11) is 0. The molecule has 0 unspecified atom stereocenters. The first-order valence-corrected chi connectivity index (χ1v) is 6.99. The van der Waals surface area contributed by atoms with Gasteiger partial charge in [0.05, 0.1) is 4.92 Å². The number of nitro groups is 1. The minimum absolute atomic E-state index is 0.0997. The number of carbonyl (C=O) groups excluding carboxylic acids is 2. The molecule has 1 aromatic carbocycles. The highest BCUT2D eigenvalue weighted by Gasteiger charge is 2.49. The number of nitrogens with zero attached hydrogens (tertiary/aromatic N) is 4. The van der Waals surface area contributed by atoms with E-state index in [0.29, 0.717) is 11.4 Å². The van der Waals surface area contributed by atoms with Gasteiger partial charge in [-0.1, -0.05) is 5.16 Å². The highest BCUT2D eigenvalue weighted by Crippen LogP contribution is 2.30. The summed E-state index contributed by atoms with van der Waals surface area (Å²) in [5, 5.41) is 16.9. The third-order valence-corrected chi connectivity index (χ3v) is 3.79. The van der Waals surface area contributed by atoms with Crippen LogP contribution in [0.1, 0.15) is 24.2 Å². The summed E-state index contributed by atoms with van der Waals surface area (Å²) in [6, 6.07) is 4.85. The lowest BCUT2D eigenvalue weighted by atomic mass is 9.92. The number of benzene rings is 1. The van der Waals surface area contributed by atoms with Crippen molar-refractivity contribution in [2.45, 2.75) is 25.9 Å². The minimum Gasteiger partial charge on any atom is -0.337 e. The van der Waals surface area contributed by atoms with Crippen LogP contribution in [0.25, 0.3) is 0 Å². The van der Waals surface area contributed by atoms with Gasteiger partial charge in [-0.15, -0.1) is 0 Å². The van der Waals surface area contributed by atoms with Crippen molar-refractivity contribution >= 4 is 17.6 Å². The molecule has 10 nitrogen and oxygen atoms in total. The normalized spacial score (nSPS) is 20.3. The predicted molar refractivity (Wildman–Crippen MR) is 78.6 cm³/mol. The predicted octanol–water partition coefficient (Wildman–Crippen LogP) is 1.25. The molecule has 0 radical (unpaired) electrons. The zero-order valence-corrected chi connectivity index (χ0v) is 12.8. The number of nitro benzene ring substituents is 1. The van der Waals surface area contributed by atoms with Crippen LogP contribution in [-0.4, -0.2) is 31.9 Å². The van der Waals surface area contributed by atoms with Gasteiger partial charge in [0.25, 0.3) is 11.6 Å². The van der Waals surface area contributed by atoms with Gasteiger partial charge in [0.2, 0.25) is 5.89 Å². The number of imide groups is 1. The molecule has 1 atom stereocenters. The second kappa shape index (κ2) is 5.41. The van der Waals surface area contributed by atoms with Crippen molar-refractivity contribution in [3.63, 3.8) is 0 Å². The summed E-state index contributed by atoms with van der Waals surface area (Å²) in [6.45, 7) is 3.02. The number of amides is 3. The van der Waals surface area contributed by atoms with Gasteiger partial charge in [-0.3, -0.25) is 19.8 Å². The molecule has 1 aliphatic heterocycles. The zero-order chi connectivity index (χ0) is 17.5. The molecular formula is C14H13N5O5. The first kappa shape index (κ1) is 15.6. The van der Waals surface area contributed by atoms with Crippen LogP contribution >= 0.6 is 0 Å². The van der Waals surface area contributed by atoms with Crippen molar-refractivity contribution in [1.82, 2.24) is 20.4 Å². The standard InChI is InChI=1S/C14H13N5O5/c1-8-15-11(24-17-8)7-18-12(20)14(2,16-13(18)21)9-3-5-10(6-4-9)19(22)23/h3-6H,7H2,1-2H3,(H,16,21)/t14-/m1/s1. The first-order chi connectivity index (χ1) is 11.3. The molecule has 10 heteroatoms. The molecule has 1 fully saturated rings. The van der Waals surface area contributed by atoms with Crippen molar-refractivity contribution < 1.29 is 19.0 Å². The Balaban J connectivity index is 1.87. The summed E-state index contributed by atoms with van der Waals surface area (Å²) in [5.41, 5.74) is -0.977. The molecular weight excluding hydrogens is 318 g/mol. The lowest BCUT2D eigenvalue weighted by Crippen LogP contribution is -2.40. The maximum atomic E-state index is 12.7. The number of hydrogen-bond acceptors (Lipinski definition) is 7. The SMILES string of the molecule is Cc1noc(CN2C(=O)N[C@](C)(c3ccc([N+](=O)[O-])cc3)C2=O)n1. The van der Waals surface area contributed by atoms with Crippen molar-refractivity contribution in [3.8, 4) is 0 Å². The maximum Gasteiger partial charge on any atom is 0.325 e. The molecule has 1 aliphatic rings. The average molecular weight is 331 g/mol. The molecule has 0 aliphatic carbocycles. The third-order valence-electron chi connectivity index (χ3n) is 3.79. The lowest BCUT2D eigenvalue weighted by Gasteiger charge is -2.21. The number of urea groups is 1. The van der Waals surface area contributed by atoms with Crippen molar-refractivity contribution in [2.75, 3.05) is 0 Å². The third kappa shape index (κ3) is 2.47. The fourth-order valence-corrected chi connectivity index (χ4v) is 2.49. The highest BCUT2D eigenvalue weighted by molar-refractivity contribution is 6.07. The van der Waals surface area contributed by atoms with E-state index >= 15 is 0 Å². The second-order valence-electron chi connectivity index (χ2n) is 5.49. The van der Waals surface area contributed by atoms with Gasteiger partial charge in [-0.2, -0.15) is 4.98 Å². The number of non-ortho nitro benzene ring substituents is 1. The number of rotatable bonds is 4. The molecule has 0 saturated carbocycles. The van der Waals surface area contributed by atoms with Gasteiger partial charge >= 0.3 is 6.03 Å². The number of nitrogens with one attached hydrogen (secondary N) is 1. The van der Waals surface area contributed by atoms with Crippen LogP contribution in [0.4, 0.5) is 10.5 Å². The Bertz CT molecular complexity index is 830. The lowest BCUT2D eigenvalue weighted by molar-refractivity contribution is -0.384. The van der Waals surface area contributed by atoms with Crippen LogP contribution in [0.2, 0.25) is 0 Å². The van der Waals surface area contributed by atoms with E-state index in [1.165, 1.54) is 31.2 Å². The Morgan fingerprint density at radius 2 is 2.00 bits per heavy atom. The molecule has 1 N–H and O–H groups in total. The maximum absolute atomic E-state index is 12.7. The Morgan fingerprint density at radius 1 is 1.33 bits per heavy atom. The number of hydrogen-bond donors (Lipinski definition) is 1. The molecule has 1 aromatic heterocycles. The molecule has 3 amide bonds. The smallest absolute Gasteiger partial charge is 0.325 e. The van der Waals surface area contributed by atoms with Gasteiger partial charge < -0.3 is 9.84 Å². The van der Waals surface area contributed by atoms with E-state index in [1.54, 1.807) is 6.92 Å². The molecule has 24 heavy (non-hydrogen) atoms. The van der Waals surface area contributed by atoms with Crippen molar-refractivity contribution in [1.29, 1.82) is 0 Å². The van der Waals surface area contributed by atoms with E-state index in [2.05, 4.69) is 15.5 Å². The van der Waals surface area contributed by atoms with E-state index in [-0.39, 0.29) is 18.1 Å². The number of carbonyl (C=O) groups is 2. The largest absolute Gasteiger partial charge is 0.337 e. The fraction of sp³-hybridized carbons (Fsp3) is 0.286. The average Bonchev–Trinajstić information content (AvgIpc) is 3.05. The minimum atomic E-state index is -1.32. The van der Waals surface area contributed by atoms with Gasteiger partial charge in [-0.05, 0) is 31.5 Å². The molecule has 3 rings (SSSR count). The molecule has 2 heterocycles. The zero-order valence-electron chi connectivity index (χ0n) is 12.8. The summed E-state index contributed by atoms with van der Waals surface area (Å²) in [6.07, 6.45) is 0. The topological polar surface area (TPSA) is 131 Å². The van der Waals surface area contributed by atoms with Gasteiger partial charge in [-0.25, -0.2) is 4.79 Å².